The molecular formula is C23H32N4O2. The second-order valence-corrected chi connectivity index (χ2v) is 8.26. The zero-order valence-corrected chi connectivity index (χ0v) is 18.2. The van der Waals surface area contributed by atoms with Crippen LogP contribution in [0.2, 0.25) is 0 Å². The largest absolute Gasteiger partial charge is 0.484 e. The van der Waals surface area contributed by atoms with Crippen LogP contribution in [0.4, 0.5) is 5.82 Å². The zero-order chi connectivity index (χ0) is 21.0. The van der Waals surface area contributed by atoms with Crippen molar-refractivity contribution < 1.29 is 9.53 Å². The average Bonchev–Trinajstić information content (AvgIpc) is 2.72. The molecule has 0 atom stereocenters. The summed E-state index contributed by atoms with van der Waals surface area (Å²) in [4.78, 5) is 25.9. The summed E-state index contributed by atoms with van der Waals surface area (Å²) in [7, 11) is 0. The summed E-state index contributed by atoms with van der Waals surface area (Å²) < 4.78 is 5.70. The quantitative estimate of drug-likeness (QED) is 0.744. The Hall–Kier alpha value is -2.63. The predicted octanol–water partition coefficient (Wildman–Crippen LogP) is 3.76. The average molecular weight is 397 g/mol. The SMILES string of the molecule is Cc1cc(N2CCN(C(=O)COc3ccc(C(C)C)cc3)CC2)nc(C(C)C)n1. The summed E-state index contributed by atoms with van der Waals surface area (Å²) in [5.74, 6) is 3.36. The molecular weight excluding hydrogens is 364 g/mol. The van der Waals surface area contributed by atoms with Crippen LogP contribution in [0, 0.1) is 6.92 Å². The lowest BCUT2D eigenvalue weighted by atomic mass is 10.0. The third-order valence-corrected chi connectivity index (χ3v) is 5.24. The van der Waals surface area contributed by atoms with Gasteiger partial charge in [-0.3, -0.25) is 4.79 Å². The molecule has 0 unspecified atom stereocenters. The molecule has 6 heteroatoms. The van der Waals surface area contributed by atoms with Gasteiger partial charge in [-0.05, 0) is 30.5 Å². The van der Waals surface area contributed by atoms with E-state index in [-0.39, 0.29) is 12.5 Å². The lowest BCUT2D eigenvalue weighted by Crippen LogP contribution is -2.50. The number of ether oxygens (including phenoxy) is 1. The van der Waals surface area contributed by atoms with E-state index in [1.54, 1.807) is 0 Å². The Kier molecular flexibility index (Phi) is 6.72. The summed E-state index contributed by atoms with van der Waals surface area (Å²) in [5, 5.41) is 0. The van der Waals surface area contributed by atoms with Crippen LogP contribution in [0.5, 0.6) is 5.75 Å². The van der Waals surface area contributed by atoms with Crippen molar-refractivity contribution in [2.75, 3.05) is 37.7 Å². The Labute approximate surface area is 173 Å². The van der Waals surface area contributed by atoms with Crippen LogP contribution in [0.3, 0.4) is 0 Å². The highest BCUT2D eigenvalue weighted by Gasteiger charge is 2.23. The number of rotatable bonds is 6. The van der Waals surface area contributed by atoms with E-state index in [1.807, 2.05) is 30.0 Å². The fraction of sp³-hybridized carbons (Fsp3) is 0.522. The number of anilines is 1. The molecule has 2 heterocycles. The molecule has 2 aromatic rings. The van der Waals surface area contributed by atoms with Gasteiger partial charge in [0, 0.05) is 43.9 Å². The zero-order valence-electron chi connectivity index (χ0n) is 18.2. The van der Waals surface area contributed by atoms with E-state index < -0.39 is 0 Å². The molecule has 0 saturated carbocycles. The van der Waals surface area contributed by atoms with E-state index >= 15 is 0 Å². The molecule has 0 radical (unpaired) electrons. The summed E-state index contributed by atoms with van der Waals surface area (Å²) >= 11 is 0. The smallest absolute Gasteiger partial charge is 0.260 e. The Morgan fingerprint density at radius 2 is 1.66 bits per heavy atom. The van der Waals surface area contributed by atoms with Gasteiger partial charge in [0.1, 0.15) is 17.4 Å². The Balaban J connectivity index is 1.52. The lowest BCUT2D eigenvalue weighted by Gasteiger charge is -2.35. The lowest BCUT2D eigenvalue weighted by molar-refractivity contribution is -0.133. The first-order valence-corrected chi connectivity index (χ1v) is 10.4. The van der Waals surface area contributed by atoms with Crippen molar-refractivity contribution in [2.45, 2.75) is 46.5 Å². The summed E-state index contributed by atoms with van der Waals surface area (Å²) in [6.07, 6.45) is 0. The standard InChI is InChI=1S/C23H32N4O2/c1-16(2)19-6-8-20(9-7-19)29-15-22(28)27-12-10-26(11-13-27)21-14-18(5)24-23(25-21)17(3)4/h6-9,14,16-17H,10-13,15H2,1-5H3. The highest BCUT2D eigenvalue weighted by molar-refractivity contribution is 5.78. The molecule has 0 spiro atoms. The highest BCUT2D eigenvalue weighted by atomic mass is 16.5. The third kappa shape index (κ3) is 5.46. The van der Waals surface area contributed by atoms with E-state index in [2.05, 4.69) is 49.7 Å². The van der Waals surface area contributed by atoms with Crippen LogP contribution in [-0.4, -0.2) is 53.6 Å². The van der Waals surface area contributed by atoms with Crippen molar-refractivity contribution in [3.05, 3.63) is 47.4 Å². The van der Waals surface area contributed by atoms with Crippen LogP contribution in [-0.2, 0) is 4.79 Å². The molecule has 3 rings (SSSR count). The minimum absolute atomic E-state index is 0.0272. The molecule has 1 amide bonds. The number of carbonyl (C=O) groups excluding carboxylic acids is 1. The number of piperazine rings is 1. The molecule has 0 bridgehead atoms. The molecule has 1 fully saturated rings. The number of amides is 1. The second-order valence-electron chi connectivity index (χ2n) is 8.26. The van der Waals surface area contributed by atoms with E-state index in [4.69, 9.17) is 9.72 Å². The number of aryl methyl sites for hydroxylation is 1. The van der Waals surface area contributed by atoms with Crippen molar-refractivity contribution in [2.24, 2.45) is 0 Å². The van der Waals surface area contributed by atoms with Crippen molar-refractivity contribution in [3.8, 4) is 5.75 Å². The van der Waals surface area contributed by atoms with Crippen molar-refractivity contribution in [1.29, 1.82) is 0 Å². The number of aromatic nitrogens is 2. The molecule has 156 valence electrons. The van der Waals surface area contributed by atoms with Crippen molar-refractivity contribution in [3.63, 3.8) is 0 Å². The number of carbonyl (C=O) groups is 1. The minimum Gasteiger partial charge on any atom is -0.484 e. The maximum atomic E-state index is 12.5. The van der Waals surface area contributed by atoms with E-state index in [0.717, 1.165) is 36.2 Å². The maximum absolute atomic E-state index is 12.5. The van der Waals surface area contributed by atoms with Gasteiger partial charge in [0.25, 0.3) is 5.91 Å². The normalized spacial score (nSPS) is 14.6. The Morgan fingerprint density at radius 3 is 2.24 bits per heavy atom. The summed E-state index contributed by atoms with van der Waals surface area (Å²) in [6, 6.07) is 10.00. The predicted molar refractivity (Wildman–Crippen MR) is 116 cm³/mol. The highest BCUT2D eigenvalue weighted by Crippen LogP contribution is 2.20. The third-order valence-electron chi connectivity index (χ3n) is 5.24. The number of hydrogen-bond donors (Lipinski definition) is 0. The molecule has 1 aromatic heterocycles. The monoisotopic (exact) mass is 396 g/mol. The van der Waals surface area contributed by atoms with E-state index in [0.29, 0.717) is 24.9 Å². The Bertz CT molecular complexity index is 825. The Morgan fingerprint density at radius 1 is 1.00 bits per heavy atom. The molecule has 29 heavy (non-hydrogen) atoms. The van der Waals surface area contributed by atoms with Crippen LogP contribution in [0.1, 0.15) is 56.6 Å². The summed E-state index contributed by atoms with van der Waals surface area (Å²) in [6.45, 7) is 13.5. The molecule has 1 aliphatic rings. The number of benzene rings is 1. The number of nitrogens with zero attached hydrogens (tertiary/aromatic N) is 4. The first kappa shape index (κ1) is 21.1. The first-order valence-electron chi connectivity index (χ1n) is 10.4. The van der Waals surface area contributed by atoms with Gasteiger partial charge >= 0.3 is 0 Å². The van der Waals surface area contributed by atoms with Crippen LogP contribution >= 0.6 is 0 Å². The van der Waals surface area contributed by atoms with Gasteiger partial charge < -0.3 is 14.5 Å². The van der Waals surface area contributed by atoms with E-state index in [9.17, 15) is 4.79 Å². The molecule has 0 N–H and O–H groups in total. The fourth-order valence-electron chi connectivity index (χ4n) is 3.36. The fourth-order valence-corrected chi connectivity index (χ4v) is 3.36. The van der Waals surface area contributed by atoms with Gasteiger partial charge in [0.05, 0.1) is 0 Å². The minimum atomic E-state index is 0.0272. The van der Waals surface area contributed by atoms with Gasteiger partial charge in [-0.15, -0.1) is 0 Å². The molecule has 6 nitrogen and oxygen atoms in total. The van der Waals surface area contributed by atoms with Crippen LogP contribution in [0.25, 0.3) is 0 Å². The molecule has 0 aliphatic carbocycles. The van der Waals surface area contributed by atoms with Gasteiger partial charge in [-0.2, -0.15) is 0 Å². The molecule has 1 saturated heterocycles. The maximum Gasteiger partial charge on any atom is 0.260 e. The van der Waals surface area contributed by atoms with Crippen LogP contribution in [0.15, 0.2) is 30.3 Å². The molecule has 1 aliphatic heterocycles. The van der Waals surface area contributed by atoms with Gasteiger partial charge in [0.15, 0.2) is 6.61 Å². The van der Waals surface area contributed by atoms with Gasteiger partial charge in [0.2, 0.25) is 0 Å². The van der Waals surface area contributed by atoms with Crippen LogP contribution < -0.4 is 9.64 Å². The number of hydrogen-bond acceptors (Lipinski definition) is 5. The van der Waals surface area contributed by atoms with Gasteiger partial charge in [-0.1, -0.05) is 39.8 Å². The van der Waals surface area contributed by atoms with Crippen molar-refractivity contribution >= 4 is 11.7 Å². The topological polar surface area (TPSA) is 58.6 Å². The molecule has 1 aromatic carbocycles. The summed E-state index contributed by atoms with van der Waals surface area (Å²) in [5.41, 5.74) is 2.24. The van der Waals surface area contributed by atoms with Crippen molar-refractivity contribution in [1.82, 2.24) is 14.9 Å². The second kappa shape index (κ2) is 9.25. The van der Waals surface area contributed by atoms with E-state index in [1.165, 1.54) is 5.56 Å². The first-order chi connectivity index (χ1) is 13.8. The van der Waals surface area contributed by atoms with Gasteiger partial charge in [-0.25, -0.2) is 9.97 Å².